The number of para-hydroxylation sites is 1. The Kier molecular flexibility index (Phi) is 3.57. The highest BCUT2D eigenvalue weighted by Gasteiger charge is 2.53. The van der Waals surface area contributed by atoms with Crippen LogP contribution in [-0.2, 0) is 9.53 Å². The van der Waals surface area contributed by atoms with Gasteiger partial charge in [-0.3, -0.25) is 4.79 Å². The number of rotatable bonds is 3. The highest BCUT2D eigenvalue weighted by Crippen LogP contribution is 2.58. The van der Waals surface area contributed by atoms with E-state index in [9.17, 15) is 9.90 Å². The summed E-state index contributed by atoms with van der Waals surface area (Å²) in [6.45, 7) is 3.76. The van der Waals surface area contributed by atoms with Crippen LogP contribution in [0.3, 0.4) is 0 Å². The molecule has 0 radical (unpaired) electrons. The molecule has 0 aromatic heterocycles. The minimum absolute atomic E-state index is 0.00838. The first kappa shape index (κ1) is 15.2. The van der Waals surface area contributed by atoms with Gasteiger partial charge in [-0.25, -0.2) is 0 Å². The molecule has 4 rings (SSSR count). The van der Waals surface area contributed by atoms with Crippen molar-refractivity contribution in [2.24, 2.45) is 5.92 Å². The van der Waals surface area contributed by atoms with Crippen molar-refractivity contribution in [2.75, 3.05) is 0 Å². The molecular formula is C20H21NO3. The largest absolute Gasteiger partial charge is 0.508 e. The number of carbonyl (C=O) groups is 1. The zero-order chi connectivity index (χ0) is 16.8. The molecule has 2 aliphatic rings. The lowest BCUT2D eigenvalue weighted by Gasteiger charge is -2.31. The van der Waals surface area contributed by atoms with Crippen molar-refractivity contribution in [1.82, 2.24) is 5.32 Å². The summed E-state index contributed by atoms with van der Waals surface area (Å²) in [5, 5.41) is 13.5. The number of phenols is 1. The number of amides is 1. The SMILES string of the molecule is CC(C)C(=O)N[C@H]1C(c2ccccc2O)C2O[C@H]1c1ccccc12. The second-order valence-electron chi connectivity index (χ2n) is 6.88. The predicted molar refractivity (Wildman–Crippen MR) is 90.6 cm³/mol. The zero-order valence-electron chi connectivity index (χ0n) is 13.8. The van der Waals surface area contributed by atoms with E-state index in [1.807, 2.05) is 44.2 Å². The number of ether oxygens (including phenoxy) is 1. The van der Waals surface area contributed by atoms with Gasteiger partial charge in [0, 0.05) is 17.4 Å². The van der Waals surface area contributed by atoms with E-state index in [1.165, 1.54) is 0 Å². The van der Waals surface area contributed by atoms with Gasteiger partial charge in [0.15, 0.2) is 0 Å². The summed E-state index contributed by atoms with van der Waals surface area (Å²) in [4.78, 5) is 12.3. The predicted octanol–water partition coefficient (Wildman–Crippen LogP) is 3.44. The van der Waals surface area contributed by atoms with Crippen molar-refractivity contribution in [3.63, 3.8) is 0 Å². The standard InChI is InChI=1S/C20H21NO3/c1-11(2)20(23)21-17-16(14-9-5-6-10-15(14)22)18-12-7-3-4-8-13(12)19(17)24-18/h3-11,16-19,22H,1-2H3,(H,21,23)/t16?,17-,18?,19-/m0/s1. The van der Waals surface area contributed by atoms with Crippen molar-refractivity contribution in [3.05, 3.63) is 65.2 Å². The molecule has 0 spiro atoms. The van der Waals surface area contributed by atoms with Gasteiger partial charge in [-0.05, 0) is 17.2 Å². The van der Waals surface area contributed by atoms with E-state index in [4.69, 9.17) is 4.74 Å². The molecule has 0 saturated carbocycles. The van der Waals surface area contributed by atoms with E-state index in [1.54, 1.807) is 6.07 Å². The maximum absolute atomic E-state index is 12.3. The minimum atomic E-state index is -0.173. The summed E-state index contributed by atoms with van der Waals surface area (Å²) >= 11 is 0. The van der Waals surface area contributed by atoms with Crippen molar-refractivity contribution < 1.29 is 14.6 Å². The molecule has 1 fully saturated rings. The Bertz CT molecular complexity index is 786. The molecule has 2 aromatic rings. The van der Waals surface area contributed by atoms with Gasteiger partial charge >= 0.3 is 0 Å². The number of hydrogen-bond acceptors (Lipinski definition) is 3. The van der Waals surface area contributed by atoms with Crippen LogP contribution in [0.15, 0.2) is 48.5 Å². The molecule has 124 valence electrons. The monoisotopic (exact) mass is 323 g/mol. The first-order valence-corrected chi connectivity index (χ1v) is 8.40. The normalized spacial score (nSPS) is 27.3. The molecule has 4 heteroatoms. The summed E-state index contributed by atoms with van der Waals surface area (Å²) in [5.74, 6) is 0.0761. The van der Waals surface area contributed by atoms with E-state index in [0.29, 0.717) is 0 Å². The molecule has 2 N–H and O–H groups in total. The summed E-state index contributed by atoms with van der Waals surface area (Å²) in [6.07, 6.45) is -0.310. The van der Waals surface area contributed by atoms with Crippen LogP contribution in [0.5, 0.6) is 5.75 Å². The number of nitrogens with one attached hydrogen (secondary N) is 1. The second-order valence-corrected chi connectivity index (χ2v) is 6.88. The summed E-state index contributed by atoms with van der Waals surface area (Å²) in [5.41, 5.74) is 3.13. The molecule has 2 unspecified atom stereocenters. The Labute approximate surface area is 141 Å². The summed E-state index contributed by atoms with van der Waals surface area (Å²) in [6, 6.07) is 15.3. The number of fused-ring (bicyclic) bond motifs is 5. The van der Waals surface area contributed by atoms with Crippen LogP contribution in [0.1, 0.15) is 48.7 Å². The van der Waals surface area contributed by atoms with Gasteiger partial charge in [-0.1, -0.05) is 56.3 Å². The second kappa shape index (κ2) is 5.64. The zero-order valence-corrected chi connectivity index (χ0v) is 13.8. The number of hydrogen-bond donors (Lipinski definition) is 2. The first-order valence-electron chi connectivity index (χ1n) is 8.40. The van der Waals surface area contributed by atoms with E-state index >= 15 is 0 Å². The van der Waals surface area contributed by atoms with Gasteiger partial charge in [-0.15, -0.1) is 0 Å². The summed E-state index contributed by atoms with van der Waals surface area (Å²) < 4.78 is 6.23. The van der Waals surface area contributed by atoms with Crippen LogP contribution < -0.4 is 5.32 Å². The van der Waals surface area contributed by atoms with Crippen LogP contribution in [0, 0.1) is 5.92 Å². The maximum atomic E-state index is 12.3. The Balaban J connectivity index is 1.78. The van der Waals surface area contributed by atoms with Crippen molar-refractivity contribution in [2.45, 2.75) is 38.0 Å². The van der Waals surface area contributed by atoms with Crippen molar-refractivity contribution >= 4 is 5.91 Å². The fraction of sp³-hybridized carbons (Fsp3) is 0.350. The molecule has 4 atom stereocenters. The van der Waals surface area contributed by atoms with Crippen LogP contribution in [0.2, 0.25) is 0 Å². The van der Waals surface area contributed by atoms with Gasteiger partial charge in [-0.2, -0.15) is 0 Å². The molecule has 24 heavy (non-hydrogen) atoms. The van der Waals surface area contributed by atoms with E-state index in [0.717, 1.165) is 16.7 Å². The molecule has 2 bridgehead atoms. The highest BCUT2D eigenvalue weighted by molar-refractivity contribution is 5.78. The first-order chi connectivity index (χ1) is 11.6. The topological polar surface area (TPSA) is 58.6 Å². The van der Waals surface area contributed by atoms with Gasteiger partial charge in [0.25, 0.3) is 0 Å². The van der Waals surface area contributed by atoms with Crippen LogP contribution in [0.25, 0.3) is 0 Å². The molecule has 0 aliphatic carbocycles. The number of carbonyl (C=O) groups excluding carboxylic acids is 1. The Morgan fingerprint density at radius 1 is 1.00 bits per heavy atom. The highest BCUT2D eigenvalue weighted by atomic mass is 16.5. The van der Waals surface area contributed by atoms with Crippen LogP contribution >= 0.6 is 0 Å². The lowest BCUT2D eigenvalue weighted by atomic mass is 9.76. The van der Waals surface area contributed by atoms with Crippen LogP contribution in [-0.4, -0.2) is 17.1 Å². The lowest BCUT2D eigenvalue weighted by molar-refractivity contribution is -0.125. The van der Waals surface area contributed by atoms with E-state index < -0.39 is 0 Å². The molecule has 2 aliphatic heterocycles. The Morgan fingerprint density at radius 3 is 2.21 bits per heavy atom. The fourth-order valence-electron chi connectivity index (χ4n) is 3.89. The average Bonchev–Trinajstić information content (AvgIpc) is 3.12. The third kappa shape index (κ3) is 2.21. The molecule has 2 heterocycles. The van der Waals surface area contributed by atoms with Gasteiger partial charge < -0.3 is 15.2 Å². The van der Waals surface area contributed by atoms with Crippen molar-refractivity contribution in [3.8, 4) is 5.75 Å². The van der Waals surface area contributed by atoms with E-state index in [2.05, 4.69) is 17.4 Å². The van der Waals surface area contributed by atoms with Gasteiger partial charge in [0.05, 0.1) is 12.1 Å². The molecule has 4 nitrogen and oxygen atoms in total. The Morgan fingerprint density at radius 2 is 1.58 bits per heavy atom. The third-order valence-corrected chi connectivity index (χ3v) is 5.07. The summed E-state index contributed by atoms with van der Waals surface area (Å²) in [7, 11) is 0. The van der Waals surface area contributed by atoms with Crippen molar-refractivity contribution in [1.29, 1.82) is 0 Å². The fourth-order valence-corrected chi connectivity index (χ4v) is 3.89. The van der Waals surface area contributed by atoms with Gasteiger partial charge in [0.2, 0.25) is 5.91 Å². The van der Waals surface area contributed by atoms with E-state index in [-0.39, 0.29) is 41.7 Å². The number of benzene rings is 2. The number of aromatic hydroxyl groups is 1. The van der Waals surface area contributed by atoms with Crippen LogP contribution in [0.4, 0.5) is 0 Å². The smallest absolute Gasteiger partial charge is 0.222 e. The minimum Gasteiger partial charge on any atom is -0.508 e. The van der Waals surface area contributed by atoms with Gasteiger partial charge in [0.1, 0.15) is 11.9 Å². The third-order valence-electron chi connectivity index (χ3n) is 5.07. The molecular weight excluding hydrogens is 302 g/mol. The molecule has 2 aromatic carbocycles. The quantitative estimate of drug-likeness (QED) is 0.909. The maximum Gasteiger partial charge on any atom is 0.222 e. The molecule has 1 saturated heterocycles. The molecule has 1 amide bonds. The Hall–Kier alpha value is -2.33. The lowest BCUT2D eigenvalue weighted by Crippen LogP contribution is -2.43. The number of phenolic OH excluding ortho intramolecular Hbond substituents is 1. The average molecular weight is 323 g/mol.